The number of hydrogen-bond donors (Lipinski definition) is 1. The molecular weight excluding hydrogens is 238 g/mol. The summed E-state index contributed by atoms with van der Waals surface area (Å²) in [6, 6.07) is 7.25. The highest BCUT2D eigenvalue weighted by atomic mass is 32.2. The standard InChI is InChI=1S/C12H15NO3S/c1-3-16-11(14)8-13-12(15)9-6-4-5-7-10(9)17-2/h4-7H,3,8H2,1-2H3,(H,13,15). The van der Waals surface area contributed by atoms with Crippen molar-refractivity contribution in [2.45, 2.75) is 11.8 Å². The van der Waals surface area contributed by atoms with Crippen LogP contribution < -0.4 is 5.32 Å². The van der Waals surface area contributed by atoms with Gasteiger partial charge >= 0.3 is 5.97 Å². The van der Waals surface area contributed by atoms with Gasteiger partial charge in [-0.15, -0.1) is 11.8 Å². The molecule has 1 N–H and O–H groups in total. The van der Waals surface area contributed by atoms with Gasteiger partial charge in [-0.25, -0.2) is 0 Å². The average Bonchev–Trinajstić information content (AvgIpc) is 2.36. The molecule has 0 unspecified atom stereocenters. The van der Waals surface area contributed by atoms with Crippen molar-refractivity contribution >= 4 is 23.6 Å². The molecule has 1 aromatic carbocycles. The monoisotopic (exact) mass is 253 g/mol. The van der Waals surface area contributed by atoms with Crippen molar-refractivity contribution < 1.29 is 14.3 Å². The lowest BCUT2D eigenvalue weighted by Crippen LogP contribution is -2.30. The fourth-order valence-electron chi connectivity index (χ4n) is 1.29. The quantitative estimate of drug-likeness (QED) is 0.641. The van der Waals surface area contributed by atoms with Gasteiger partial charge in [0.2, 0.25) is 0 Å². The van der Waals surface area contributed by atoms with Crippen LogP contribution >= 0.6 is 11.8 Å². The van der Waals surface area contributed by atoms with Crippen LogP contribution in [0.2, 0.25) is 0 Å². The van der Waals surface area contributed by atoms with Crippen LogP contribution in [0.3, 0.4) is 0 Å². The topological polar surface area (TPSA) is 55.4 Å². The summed E-state index contributed by atoms with van der Waals surface area (Å²) in [4.78, 5) is 23.8. The second-order valence-electron chi connectivity index (χ2n) is 3.19. The molecule has 0 fully saturated rings. The summed E-state index contributed by atoms with van der Waals surface area (Å²) in [6.07, 6.45) is 1.90. The Morgan fingerprint density at radius 2 is 2.06 bits per heavy atom. The van der Waals surface area contributed by atoms with Gasteiger partial charge in [0.25, 0.3) is 5.91 Å². The smallest absolute Gasteiger partial charge is 0.325 e. The Morgan fingerprint density at radius 1 is 1.35 bits per heavy atom. The zero-order valence-corrected chi connectivity index (χ0v) is 10.7. The Labute approximate surface area is 105 Å². The van der Waals surface area contributed by atoms with E-state index in [2.05, 4.69) is 5.32 Å². The minimum Gasteiger partial charge on any atom is -0.465 e. The van der Waals surface area contributed by atoms with Crippen molar-refractivity contribution in [1.82, 2.24) is 5.32 Å². The number of thioether (sulfide) groups is 1. The molecular formula is C12H15NO3S. The third-order valence-corrected chi connectivity index (χ3v) is 2.85. The molecule has 1 aromatic rings. The van der Waals surface area contributed by atoms with Gasteiger partial charge in [0, 0.05) is 4.90 Å². The van der Waals surface area contributed by atoms with Gasteiger partial charge in [0.05, 0.1) is 12.2 Å². The maximum absolute atomic E-state index is 11.8. The van der Waals surface area contributed by atoms with Gasteiger partial charge in [-0.05, 0) is 25.3 Å². The van der Waals surface area contributed by atoms with Crippen LogP contribution in [-0.4, -0.2) is 31.3 Å². The summed E-state index contributed by atoms with van der Waals surface area (Å²) in [6.45, 7) is 1.94. The summed E-state index contributed by atoms with van der Waals surface area (Å²) in [5.74, 6) is -0.689. The summed E-state index contributed by atoms with van der Waals surface area (Å²) in [5.41, 5.74) is 0.573. The van der Waals surface area contributed by atoms with E-state index in [1.165, 1.54) is 11.8 Å². The molecule has 4 nitrogen and oxygen atoms in total. The average molecular weight is 253 g/mol. The largest absolute Gasteiger partial charge is 0.465 e. The lowest BCUT2D eigenvalue weighted by Gasteiger charge is -2.07. The van der Waals surface area contributed by atoms with Crippen molar-refractivity contribution in [2.24, 2.45) is 0 Å². The van der Waals surface area contributed by atoms with Crippen LogP contribution in [0, 0.1) is 0 Å². The van der Waals surface area contributed by atoms with Crippen LogP contribution in [-0.2, 0) is 9.53 Å². The second-order valence-corrected chi connectivity index (χ2v) is 4.04. The van der Waals surface area contributed by atoms with Gasteiger partial charge in [-0.1, -0.05) is 12.1 Å². The number of rotatable bonds is 5. The number of amides is 1. The molecule has 0 saturated heterocycles. The first-order valence-electron chi connectivity index (χ1n) is 5.25. The minimum absolute atomic E-state index is 0.102. The lowest BCUT2D eigenvalue weighted by atomic mass is 10.2. The first kappa shape index (κ1) is 13.6. The summed E-state index contributed by atoms with van der Waals surface area (Å²) in [5, 5.41) is 2.53. The number of esters is 1. The van der Waals surface area contributed by atoms with E-state index >= 15 is 0 Å². The molecule has 0 aromatic heterocycles. The van der Waals surface area contributed by atoms with Gasteiger partial charge < -0.3 is 10.1 Å². The van der Waals surface area contributed by atoms with Gasteiger partial charge in [0.15, 0.2) is 0 Å². The van der Waals surface area contributed by atoms with E-state index in [1.807, 2.05) is 18.4 Å². The zero-order chi connectivity index (χ0) is 12.7. The Hall–Kier alpha value is -1.49. The Kier molecular flexibility index (Phi) is 5.56. The molecule has 0 radical (unpaired) electrons. The minimum atomic E-state index is -0.428. The van der Waals surface area contributed by atoms with Gasteiger partial charge in [-0.2, -0.15) is 0 Å². The van der Waals surface area contributed by atoms with Crippen molar-refractivity contribution in [3.63, 3.8) is 0 Å². The van der Waals surface area contributed by atoms with E-state index in [1.54, 1.807) is 19.1 Å². The molecule has 0 saturated carbocycles. The molecule has 1 amide bonds. The number of hydrogen-bond acceptors (Lipinski definition) is 4. The first-order valence-corrected chi connectivity index (χ1v) is 6.48. The summed E-state index contributed by atoms with van der Waals surface area (Å²) >= 11 is 1.49. The predicted octanol–water partition coefficient (Wildman–Crippen LogP) is 1.70. The Bertz CT molecular complexity index is 406. The fraction of sp³-hybridized carbons (Fsp3) is 0.333. The zero-order valence-electron chi connectivity index (χ0n) is 9.86. The number of carbonyl (C=O) groups excluding carboxylic acids is 2. The van der Waals surface area contributed by atoms with Crippen molar-refractivity contribution in [2.75, 3.05) is 19.4 Å². The number of benzene rings is 1. The first-order chi connectivity index (χ1) is 8.19. The second kappa shape index (κ2) is 6.96. The number of ether oxygens (including phenoxy) is 1. The van der Waals surface area contributed by atoms with Crippen LogP contribution in [0.4, 0.5) is 0 Å². The van der Waals surface area contributed by atoms with E-state index in [-0.39, 0.29) is 12.5 Å². The van der Waals surface area contributed by atoms with Crippen LogP contribution in [0.25, 0.3) is 0 Å². The highest BCUT2D eigenvalue weighted by molar-refractivity contribution is 7.98. The third-order valence-electron chi connectivity index (χ3n) is 2.05. The molecule has 1 rings (SSSR count). The van der Waals surface area contributed by atoms with E-state index in [0.29, 0.717) is 12.2 Å². The highest BCUT2D eigenvalue weighted by Gasteiger charge is 2.11. The van der Waals surface area contributed by atoms with Crippen LogP contribution in [0.5, 0.6) is 0 Å². The number of carbonyl (C=O) groups is 2. The molecule has 0 bridgehead atoms. The number of nitrogens with one attached hydrogen (secondary N) is 1. The van der Waals surface area contributed by atoms with E-state index in [0.717, 1.165) is 4.90 Å². The third kappa shape index (κ3) is 4.11. The lowest BCUT2D eigenvalue weighted by molar-refractivity contribution is -0.141. The molecule has 0 atom stereocenters. The molecule has 92 valence electrons. The Balaban J connectivity index is 2.61. The van der Waals surface area contributed by atoms with Crippen LogP contribution in [0.1, 0.15) is 17.3 Å². The SMILES string of the molecule is CCOC(=O)CNC(=O)c1ccccc1SC. The Morgan fingerprint density at radius 3 is 2.71 bits per heavy atom. The molecule has 0 heterocycles. The molecule has 0 spiro atoms. The van der Waals surface area contributed by atoms with E-state index in [9.17, 15) is 9.59 Å². The maximum Gasteiger partial charge on any atom is 0.325 e. The van der Waals surface area contributed by atoms with Crippen molar-refractivity contribution in [1.29, 1.82) is 0 Å². The molecule has 0 aliphatic carbocycles. The maximum atomic E-state index is 11.8. The normalized spacial score (nSPS) is 9.76. The van der Waals surface area contributed by atoms with Crippen molar-refractivity contribution in [3.8, 4) is 0 Å². The van der Waals surface area contributed by atoms with E-state index in [4.69, 9.17) is 4.74 Å². The van der Waals surface area contributed by atoms with Crippen molar-refractivity contribution in [3.05, 3.63) is 29.8 Å². The molecule has 17 heavy (non-hydrogen) atoms. The van der Waals surface area contributed by atoms with Gasteiger partial charge in [0.1, 0.15) is 6.54 Å². The molecule has 0 aliphatic heterocycles. The predicted molar refractivity (Wildman–Crippen MR) is 67.2 cm³/mol. The van der Waals surface area contributed by atoms with Crippen LogP contribution in [0.15, 0.2) is 29.2 Å². The van der Waals surface area contributed by atoms with E-state index < -0.39 is 5.97 Å². The fourth-order valence-corrected chi connectivity index (χ4v) is 1.89. The molecule has 5 heteroatoms. The highest BCUT2D eigenvalue weighted by Crippen LogP contribution is 2.19. The molecule has 0 aliphatic rings. The van der Waals surface area contributed by atoms with Gasteiger partial charge in [-0.3, -0.25) is 9.59 Å². The summed E-state index contributed by atoms with van der Waals surface area (Å²) < 4.78 is 4.73. The summed E-state index contributed by atoms with van der Waals surface area (Å²) in [7, 11) is 0.